The lowest BCUT2D eigenvalue weighted by Gasteiger charge is -2.26. The number of fused-ring (bicyclic) bond motifs is 1. The van der Waals surface area contributed by atoms with Gasteiger partial charge in [-0.1, -0.05) is 38.3 Å². The number of hydrogen-bond donors (Lipinski definition) is 0. The second-order valence-corrected chi connectivity index (χ2v) is 6.36. The van der Waals surface area contributed by atoms with Crippen LogP contribution in [0.3, 0.4) is 0 Å². The van der Waals surface area contributed by atoms with Gasteiger partial charge in [0, 0.05) is 24.2 Å². The second kappa shape index (κ2) is 7.58. The molecule has 124 valence electrons. The Labute approximate surface area is 139 Å². The lowest BCUT2D eigenvalue weighted by molar-refractivity contribution is 0.0737. The molecule has 2 aromatic rings. The van der Waals surface area contributed by atoms with Crippen LogP contribution in [0.5, 0.6) is 0 Å². The lowest BCUT2D eigenvalue weighted by atomic mass is 10.0. The summed E-state index contributed by atoms with van der Waals surface area (Å²) >= 11 is 0. The van der Waals surface area contributed by atoms with Gasteiger partial charge in [-0.25, -0.2) is 0 Å². The number of pyridine rings is 1. The van der Waals surface area contributed by atoms with Gasteiger partial charge in [-0.2, -0.15) is 0 Å². The second-order valence-electron chi connectivity index (χ2n) is 6.36. The molecule has 1 aromatic carbocycles. The van der Waals surface area contributed by atoms with Gasteiger partial charge in [0.2, 0.25) is 0 Å². The van der Waals surface area contributed by atoms with Crippen LogP contribution in [-0.2, 0) is 0 Å². The van der Waals surface area contributed by atoms with Crippen LogP contribution in [0, 0.1) is 19.8 Å². The molecule has 0 aliphatic heterocycles. The van der Waals surface area contributed by atoms with Crippen LogP contribution < -0.4 is 0 Å². The molecule has 0 atom stereocenters. The van der Waals surface area contributed by atoms with E-state index in [0.717, 1.165) is 53.7 Å². The standard InChI is InChI=1S/C20H28N2O/c1-6-16(7-2)13-22(8-3)20(23)18-12-15(5)21-19-10-9-14(4)11-17(18)19/h9-12,16H,6-8,13H2,1-5H3. The molecule has 1 amide bonds. The highest BCUT2D eigenvalue weighted by molar-refractivity contribution is 6.06. The average Bonchev–Trinajstić information content (AvgIpc) is 2.55. The Bertz CT molecular complexity index is 689. The summed E-state index contributed by atoms with van der Waals surface area (Å²) in [7, 11) is 0. The minimum absolute atomic E-state index is 0.125. The Kier molecular flexibility index (Phi) is 5.75. The number of rotatable bonds is 6. The third-order valence-electron chi connectivity index (χ3n) is 4.62. The summed E-state index contributed by atoms with van der Waals surface area (Å²) in [6.07, 6.45) is 2.21. The van der Waals surface area contributed by atoms with Crippen LogP contribution in [0.1, 0.15) is 55.2 Å². The first-order chi connectivity index (χ1) is 11.0. The molecular weight excluding hydrogens is 284 g/mol. The van der Waals surface area contributed by atoms with Crippen LogP contribution in [0.15, 0.2) is 24.3 Å². The highest BCUT2D eigenvalue weighted by Gasteiger charge is 2.20. The molecule has 0 saturated carbocycles. The van der Waals surface area contributed by atoms with Crippen LogP contribution >= 0.6 is 0 Å². The van der Waals surface area contributed by atoms with E-state index in [-0.39, 0.29) is 5.91 Å². The van der Waals surface area contributed by atoms with Crippen molar-refractivity contribution in [1.82, 2.24) is 9.88 Å². The zero-order valence-electron chi connectivity index (χ0n) is 15.0. The van der Waals surface area contributed by atoms with Crippen molar-refractivity contribution in [1.29, 1.82) is 0 Å². The molecule has 1 heterocycles. The van der Waals surface area contributed by atoms with Gasteiger partial charge in [-0.05, 0) is 44.9 Å². The summed E-state index contributed by atoms with van der Waals surface area (Å²) in [6.45, 7) is 12.0. The van der Waals surface area contributed by atoms with Crippen molar-refractivity contribution in [2.75, 3.05) is 13.1 Å². The summed E-state index contributed by atoms with van der Waals surface area (Å²) < 4.78 is 0. The molecule has 1 aromatic heterocycles. The van der Waals surface area contributed by atoms with Crippen LogP contribution in [0.2, 0.25) is 0 Å². The fourth-order valence-corrected chi connectivity index (χ4v) is 3.03. The van der Waals surface area contributed by atoms with Gasteiger partial charge < -0.3 is 4.90 Å². The third-order valence-corrected chi connectivity index (χ3v) is 4.62. The van der Waals surface area contributed by atoms with E-state index < -0.39 is 0 Å². The molecule has 0 unspecified atom stereocenters. The zero-order chi connectivity index (χ0) is 17.0. The molecule has 0 N–H and O–H groups in total. The van der Waals surface area contributed by atoms with Gasteiger partial charge in [0.25, 0.3) is 5.91 Å². The van der Waals surface area contributed by atoms with Gasteiger partial charge in [0.1, 0.15) is 0 Å². The Balaban J connectivity index is 2.44. The van der Waals surface area contributed by atoms with Gasteiger partial charge in [-0.15, -0.1) is 0 Å². The number of amides is 1. The van der Waals surface area contributed by atoms with Crippen LogP contribution in [0.25, 0.3) is 10.9 Å². The van der Waals surface area contributed by atoms with E-state index >= 15 is 0 Å². The van der Waals surface area contributed by atoms with Crippen molar-refractivity contribution < 1.29 is 4.79 Å². The lowest BCUT2D eigenvalue weighted by Crippen LogP contribution is -2.35. The Morgan fingerprint density at radius 1 is 1.13 bits per heavy atom. The van der Waals surface area contributed by atoms with Crippen molar-refractivity contribution in [2.45, 2.75) is 47.5 Å². The number of hydrogen-bond acceptors (Lipinski definition) is 2. The first kappa shape index (κ1) is 17.5. The maximum Gasteiger partial charge on any atom is 0.254 e. The van der Waals surface area contributed by atoms with Crippen LogP contribution in [0.4, 0.5) is 0 Å². The number of nitrogens with zero attached hydrogens (tertiary/aromatic N) is 2. The summed E-state index contributed by atoms with van der Waals surface area (Å²) in [4.78, 5) is 19.7. The number of carbonyl (C=O) groups is 1. The van der Waals surface area contributed by atoms with E-state index in [1.807, 2.05) is 30.0 Å². The van der Waals surface area contributed by atoms with Gasteiger partial charge >= 0.3 is 0 Å². The molecular formula is C20H28N2O. The van der Waals surface area contributed by atoms with Crippen molar-refractivity contribution in [2.24, 2.45) is 5.92 Å². The van der Waals surface area contributed by atoms with Crippen molar-refractivity contribution in [3.8, 4) is 0 Å². The SMILES string of the molecule is CCC(CC)CN(CC)C(=O)c1cc(C)nc2ccc(C)cc12. The monoisotopic (exact) mass is 312 g/mol. The topological polar surface area (TPSA) is 33.2 Å². The Hall–Kier alpha value is -1.90. The van der Waals surface area contributed by atoms with Gasteiger partial charge in [-0.3, -0.25) is 9.78 Å². The van der Waals surface area contributed by atoms with Gasteiger partial charge in [0.05, 0.1) is 11.1 Å². The zero-order valence-corrected chi connectivity index (χ0v) is 15.0. The maximum atomic E-state index is 13.1. The third kappa shape index (κ3) is 3.90. The Morgan fingerprint density at radius 2 is 1.83 bits per heavy atom. The average molecular weight is 312 g/mol. The largest absolute Gasteiger partial charge is 0.339 e. The van der Waals surface area contributed by atoms with E-state index in [9.17, 15) is 4.79 Å². The quantitative estimate of drug-likeness (QED) is 0.771. The predicted molar refractivity (Wildman–Crippen MR) is 96.9 cm³/mol. The molecule has 0 fully saturated rings. The molecule has 3 heteroatoms. The van der Waals surface area contributed by atoms with E-state index in [1.54, 1.807) is 0 Å². The van der Waals surface area contributed by atoms with Crippen molar-refractivity contribution in [3.63, 3.8) is 0 Å². The molecule has 0 radical (unpaired) electrons. The van der Waals surface area contributed by atoms with Crippen LogP contribution in [-0.4, -0.2) is 28.9 Å². The van der Waals surface area contributed by atoms with E-state index in [4.69, 9.17) is 0 Å². The van der Waals surface area contributed by atoms with E-state index in [0.29, 0.717) is 5.92 Å². The Morgan fingerprint density at radius 3 is 2.43 bits per heavy atom. The smallest absolute Gasteiger partial charge is 0.254 e. The van der Waals surface area contributed by atoms with Crippen molar-refractivity contribution in [3.05, 3.63) is 41.1 Å². The molecule has 23 heavy (non-hydrogen) atoms. The van der Waals surface area contributed by atoms with E-state index in [1.165, 1.54) is 0 Å². The van der Waals surface area contributed by atoms with E-state index in [2.05, 4.69) is 38.7 Å². The maximum absolute atomic E-state index is 13.1. The summed E-state index contributed by atoms with van der Waals surface area (Å²) in [6, 6.07) is 8.05. The summed E-state index contributed by atoms with van der Waals surface area (Å²) in [5.74, 6) is 0.690. The first-order valence-corrected chi connectivity index (χ1v) is 8.67. The highest BCUT2D eigenvalue weighted by Crippen LogP contribution is 2.22. The number of carbonyl (C=O) groups excluding carboxylic acids is 1. The molecule has 2 rings (SSSR count). The molecule has 3 nitrogen and oxygen atoms in total. The highest BCUT2D eigenvalue weighted by atomic mass is 16.2. The fraction of sp³-hybridized carbons (Fsp3) is 0.500. The molecule has 0 saturated heterocycles. The fourth-order valence-electron chi connectivity index (χ4n) is 3.03. The molecule has 0 aliphatic rings. The minimum Gasteiger partial charge on any atom is -0.339 e. The minimum atomic E-state index is 0.125. The molecule has 0 bridgehead atoms. The predicted octanol–water partition coefficient (Wildman–Crippen LogP) is 4.75. The van der Waals surface area contributed by atoms with Crippen molar-refractivity contribution >= 4 is 16.8 Å². The number of aryl methyl sites for hydroxylation is 2. The molecule has 0 spiro atoms. The summed E-state index contributed by atoms with van der Waals surface area (Å²) in [5, 5.41) is 0.962. The molecule has 0 aliphatic carbocycles. The number of benzene rings is 1. The number of aromatic nitrogens is 1. The normalized spacial score (nSPS) is 11.2. The van der Waals surface area contributed by atoms with Gasteiger partial charge in [0.15, 0.2) is 0 Å². The summed E-state index contributed by atoms with van der Waals surface area (Å²) in [5.41, 5.74) is 3.73. The first-order valence-electron chi connectivity index (χ1n) is 8.67.